The van der Waals surface area contributed by atoms with Crippen LogP contribution >= 0.6 is 34.5 Å². The summed E-state index contributed by atoms with van der Waals surface area (Å²) in [6.45, 7) is 8.08. The van der Waals surface area contributed by atoms with E-state index in [1.807, 2.05) is 51.4 Å². The molecule has 0 radical (unpaired) electrons. The highest BCUT2D eigenvalue weighted by Crippen LogP contribution is 2.53. The molecule has 3 aliphatic rings. The van der Waals surface area contributed by atoms with Gasteiger partial charge in [-0.3, -0.25) is 9.58 Å². The molecule has 1 fully saturated rings. The number of fused-ring (bicyclic) bond motifs is 7. The van der Waals surface area contributed by atoms with Crippen molar-refractivity contribution in [3.8, 4) is 61.8 Å². The maximum Gasteiger partial charge on any atom is 0.345 e. The number of methoxy groups -OCH3 is 1. The van der Waals surface area contributed by atoms with Gasteiger partial charge in [0.25, 0.3) is 0 Å². The Kier molecular flexibility index (Phi) is 12.8. The van der Waals surface area contributed by atoms with Crippen LogP contribution in [0.25, 0.3) is 43.2 Å². The Morgan fingerprint density at radius 1 is 0.954 bits per heavy atom. The Balaban J connectivity index is 1.16. The molecule has 2 atom stereocenters. The molecule has 15 nitrogen and oxygen atoms in total. The van der Waals surface area contributed by atoms with Gasteiger partial charge in [-0.25, -0.2) is 24.7 Å². The Hall–Kier alpha value is -6.04. The van der Waals surface area contributed by atoms with E-state index in [1.165, 1.54) is 17.7 Å². The van der Waals surface area contributed by atoms with E-state index in [2.05, 4.69) is 36.9 Å². The predicted octanol–water partition coefficient (Wildman–Crippen LogP) is 8.19. The number of nitrogens with zero attached hydrogens (tertiary/aromatic N) is 8. The predicted molar refractivity (Wildman–Crippen MR) is 249 cm³/mol. The van der Waals surface area contributed by atoms with Gasteiger partial charge in [0.2, 0.25) is 12.0 Å². The highest BCUT2D eigenvalue weighted by atomic mass is 35.5. The molecule has 0 spiro atoms. The van der Waals surface area contributed by atoms with Gasteiger partial charge in [-0.1, -0.05) is 35.3 Å². The van der Waals surface area contributed by atoms with Gasteiger partial charge < -0.3 is 33.7 Å². The number of rotatable bonds is 9. The van der Waals surface area contributed by atoms with Crippen LogP contribution in [0.2, 0.25) is 10.0 Å². The molecule has 7 heterocycles. The number of benzene rings is 3. The highest BCUT2D eigenvalue weighted by molar-refractivity contribution is 7.22. The summed E-state index contributed by atoms with van der Waals surface area (Å²) < 4.78 is 33.6. The van der Waals surface area contributed by atoms with E-state index in [4.69, 9.17) is 51.9 Å². The first-order valence-corrected chi connectivity index (χ1v) is 22.6. The number of halogens is 2. The van der Waals surface area contributed by atoms with Crippen LogP contribution in [-0.4, -0.2) is 116 Å². The number of carbonyl (C=O) groups is 1. The number of piperazine rings is 1. The molecule has 3 aromatic carbocycles. The zero-order valence-electron chi connectivity index (χ0n) is 36.4. The van der Waals surface area contributed by atoms with E-state index in [1.54, 1.807) is 48.5 Å². The lowest BCUT2D eigenvalue weighted by atomic mass is 9.92. The second-order valence-corrected chi connectivity index (χ2v) is 17.8. The minimum Gasteiger partial charge on any atom is -0.496 e. The van der Waals surface area contributed by atoms with Crippen molar-refractivity contribution in [3.05, 3.63) is 106 Å². The summed E-state index contributed by atoms with van der Waals surface area (Å²) >= 11 is 16.1. The van der Waals surface area contributed by atoms with Crippen LogP contribution in [-0.2, 0) is 24.9 Å². The fourth-order valence-electron chi connectivity index (χ4n) is 8.24. The number of carboxylic acids is 1. The summed E-state index contributed by atoms with van der Waals surface area (Å²) in [5.74, 6) is 1.21. The second kappa shape index (κ2) is 18.8. The molecule has 7 aromatic rings. The van der Waals surface area contributed by atoms with E-state index in [-0.39, 0.29) is 25.5 Å². The number of hydrogen-bond acceptors (Lipinski definition) is 14. The number of para-hydroxylation sites is 1. The molecule has 18 heteroatoms. The largest absolute Gasteiger partial charge is 0.496 e. The van der Waals surface area contributed by atoms with Crippen molar-refractivity contribution in [2.24, 2.45) is 7.05 Å². The Labute approximate surface area is 389 Å². The molecule has 0 amide bonds. The van der Waals surface area contributed by atoms with Gasteiger partial charge in [0.05, 0.1) is 40.0 Å². The minimum atomic E-state index is -1.43. The average Bonchev–Trinajstić information content (AvgIpc) is 3.92. The summed E-state index contributed by atoms with van der Waals surface area (Å²) in [6.07, 6.45) is 4.64. The number of hydrogen-bond donors (Lipinski definition) is 1. The Morgan fingerprint density at radius 2 is 1.74 bits per heavy atom. The van der Waals surface area contributed by atoms with E-state index in [0.29, 0.717) is 83.6 Å². The number of carboxylic acid groups (broad SMARTS) is 1. The third-order valence-electron chi connectivity index (χ3n) is 11.7. The van der Waals surface area contributed by atoms with Crippen LogP contribution in [0.4, 0.5) is 0 Å². The van der Waals surface area contributed by atoms with Crippen molar-refractivity contribution in [2.75, 3.05) is 53.5 Å². The summed E-state index contributed by atoms with van der Waals surface area (Å²) in [6, 6.07) is 14.6. The first kappa shape index (κ1) is 44.2. The molecule has 1 N–H and O–H groups in total. The Morgan fingerprint density at radius 3 is 2.48 bits per heavy atom. The van der Waals surface area contributed by atoms with Gasteiger partial charge in [0.15, 0.2) is 11.6 Å². The van der Waals surface area contributed by atoms with Crippen molar-refractivity contribution < 1.29 is 33.6 Å². The maximum absolute atomic E-state index is 13.3. The summed E-state index contributed by atoms with van der Waals surface area (Å²) in [5.41, 5.74) is 5.48. The van der Waals surface area contributed by atoms with Crippen molar-refractivity contribution in [1.29, 1.82) is 0 Å². The van der Waals surface area contributed by atoms with Crippen molar-refractivity contribution >= 4 is 50.7 Å². The number of thiophene rings is 1. The van der Waals surface area contributed by atoms with Crippen LogP contribution in [0.3, 0.4) is 0 Å². The molecule has 4 bridgehead atoms. The Bertz CT molecular complexity index is 2870. The summed E-state index contributed by atoms with van der Waals surface area (Å²) in [4.78, 5) is 37.8. The summed E-state index contributed by atoms with van der Waals surface area (Å²) in [5, 5.41) is 16.5. The molecule has 0 unspecified atom stereocenters. The monoisotopic (exact) mass is 936 g/mol. The van der Waals surface area contributed by atoms with Gasteiger partial charge in [0.1, 0.15) is 47.7 Å². The lowest BCUT2D eigenvalue weighted by molar-refractivity contribution is -0.145. The molecule has 336 valence electrons. The third kappa shape index (κ3) is 9.13. The van der Waals surface area contributed by atoms with E-state index in [0.717, 1.165) is 47.7 Å². The van der Waals surface area contributed by atoms with E-state index in [9.17, 15) is 9.90 Å². The molecule has 65 heavy (non-hydrogen) atoms. The third-order valence-corrected chi connectivity index (χ3v) is 13.7. The van der Waals surface area contributed by atoms with E-state index < -0.39 is 18.2 Å². The van der Waals surface area contributed by atoms with Gasteiger partial charge in [-0.2, -0.15) is 5.10 Å². The van der Waals surface area contributed by atoms with Crippen molar-refractivity contribution in [2.45, 2.75) is 39.1 Å². The van der Waals surface area contributed by atoms with Crippen LogP contribution < -0.4 is 23.7 Å². The quantitative estimate of drug-likeness (QED) is 0.148. The fraction of sp³-hybridized carbons (Fsp3) is 0.319. The lowest BCUT2D eigenvalue weighted by Crippen LogP contribution is -2.49. The van der Waals surface area contributed by atoms with E-state index >= 15 is 0 Å². The second-order valence-electron chi connectivity index (χ2n) is 16.1. The SMILES string of the molecule is COc1ccccc1-c1nccc(COc2ccc3cc2C[C@H](C(=O)O)Oc2ncnc4sc(-c5cnn(C)c5)c(c24)-c2c(C)c(Cl)c(c(Cl)c2C)O[C@H](CN2CCN(C)CC2)CO3)n1. The molecule has 3 aliphatic heterocycles. The molecule has 0 aliphatic carbocycles. The lowest BCUT2D eigenvalue weighted by Gasteiger charge is -2.35. The number of aromatic nitrogens is 6. The van der Waals surface area contributed by atoms with Crippen LogP contribution in [0, 0.1) is 13.8 Å². The number of likely N-dealkylation sites (N-methyl/N-ethyl adjacent to an activating group) is 1. The van der Waals surface area contributed by atoms with Gasteiger partial charge in [0, 0.05) is 80.2 Å². The smallest absolute Gasteiger partial charge is 0.345 e. The molecular formula is C47H46Cl2N8O7S. The van der Waals surface area contributed by atoms with Gasteiger partial charge >= 0.3 is 5.97 Å². The first-order valence-electron chi connectivity index (χ1n) is 21.0. The molecule has 0 saturated carbocycles. The van der Waals surface area contributed by atoms with Crippen molar-refractivity contribution in [3.63, 3.8) is 0 Å². The zero-order valence-corrected chi connectivity index (χ0v) is 38.7. The number of aliphatic carboxylic acids is 1. The fourth-order valence-corrected chi connectivity index (χ4v) is 9.87. The first-order chi connectivity index (χ1) is 31.4. The molecular weight excluding hydrogens is 892 g/mol. The normalized spacial score (nSPS) is 17.0. The van der Waals surface area contributed by atoms with Crippen molar-refractivity contribution in [1.82, 2.24) is 39.5 Å². The standard InChI is InChI=1S/C47H46Cl2N8O7S/c1-26-37-27(2)41(49)42(40(26)48)63-32(22-57-16-14-55(3)15-17-57)24-61-31-10-11-34(62-23-30-12-13-50-44(54-30)33-8-6-7-9-35(33)60-5)28(18-31)19-36(47(58)59)64-45-39-38(37)43(29-20-53-56(4)21-29)65-46(39)52-25-51-45/h6-13,18,20-21,25,32,36H,14-17,19,22-24H2,1-5H3,(H,58,59)/t32-,36-/m1/s1. The molecule has 1 saturated heterocycles. The van der Waals surface area contributed by atoms with Crippen LogP contribution in [0.1, 0.15) is 22.4 Å². The average molecular weight is 938 g/mol. The summed E-state index contributed by atoms with van der Waals surface area (Å²) in [7, 11) is 5.55. The topological polar surface area (TPSA) is 159 Å². The van der Waals surface area contributed by atoms with Crippen LogP contribution in [0.15, 0.2) is 73.4 Å². The number of aryl methyl sites for hydroxylation is 1. The highest BCUT2D eigenvalue weighted by Gasteiger charge is 2.32. The molecule has 10 rings (SSSR count). The van der Waals surface area contributed by atoms with Gasteiger partial charge in [-0.15, -0.1) is 11.3 Å². The zero-order chi connectivity index (χ0) is 45.4. The molecule has 4 aromatic heterocycles. The van der Waals surface area contributed by atoms with Crippen LogP contribution in [0.5, 0.6) is 28.9 Å². The van der Waals surface area contributed by atoms with Gasteiger partial charge in [-0.05, 0) is 74.0 Å². The minimum absolute atomic E-state index is 0.0523. The maximum atomic E-state index is 13.3. The number of ether oxygens (including phenoxy) is 5.